The quantitative estimate of drug-likeness (QED) is 0.443. The molecule has 2 saturated heterocycles. The summed E-state index contributed by atoms with van der Waals surface area (Å²) in [6.45, 7) is 9.38. The van der Waals surface area contributed by atoms with Crippen LogP contribution in [-0.4, -0.2) is 66.1 Å². The Balaban J connectivity index is 1.13. The molecule has 0 radical (unpaired) electrons. The third-order valence-electron chi connectivity index (χ3n) is 8.50. The first-order valence-corrected chi connectivity index (χ1v) is 14.1. The third-order valence-corrected chi connectivity index (χ3v) is 8.50. The van der Waals surface area contributed by atoms with Gasteiger partial charge in [0.05, 0.1) is 6.42 Å². The van der Waals surface area contributed by atoms with Gasteiger partial charge in [-0.1, -0.05) is 37.3 Å². The smallest absolute Gasteiger partial charge is 0.224 e. The van der Waals surface area contributed by atoms with E-state index in [1.807, 2.05) is 12.1 Å². The highest BCUT2D eigenvalue weighted by Gasteiger charge is 2.22. The van der Waals surface area contributed by atoms with E-state index < -0.39 is 0 Å². The highest BCUT2D eigenvalue weighted by atomic mass is 19.1. The van der Waals surface area contributed by atoms with Crippen molar-refractivity contribution in [2.24, 2.45) is 5.92 Å². The predicted octanol–water partition coefficient (Wildman–Crippen LogP) is 5.05. The van der Waals surface area contributed by atoms with E-state index >= 15 is 0 Å². The zero-order chi connectivity index (χ0) is 25.6. The Morgan fingerprint density at radius 3 is 2.49 bits per heavy atom. The first-order chi connectivity index (χ1) is 18.1. The fourth-order valence-corrected chi connectivity index (χ4v) is 6.04. The van der Waals surface area contributed by atoms with Crippen LogP contribution in [0.25, 0.3) is 10.9 Å². The van der Waals surface area contributed by atoms with Crippen LogP contribution in [0.2, 0.25) is 0 Å². The van der Waals surface area contributed by atoms with Crippen LogP contribution in [0.4, 0.5) is 4.39 Å². The molecule has 0 atom stereocenters. The van der Waals surface area contributed by atoms with Crippen LogP contribution in [0.1, 0.15) is 49.8 Å². The number of rotatable bonds is 9. The zero-order valence-electron chi connectivity index (χ0n) is 22.2. The van der Waals surface area contributed by atoms with E-state index in [-0.39, 0.29) is 11.7 Å². The van der Waals surface area contributed by atoms with E-state index in [4.69, 9.17) is 0 Å². The van der Waals surface area contributed by atoms with Gasteiger partial charge in [-0.2, -0.15) is 0 Å². The van der Waals surface area contributed by atoms with Crippen LogP contribution in [0.5, 0.6) is 0 Å². The van der Waals surface area contributed by atoms with Gasteiger partial charge in [0, 0.05) is 43.9 Å². The summed E-state index contributed by atoms with van der Waals surface area (Å²) in [5.74, 6) is 0.626. The minimum atomic E-state index is -0.0991. The second-order valence-electron chi connectivity index (χ2n) is 10.9. The van der Waals surface area contributed by atoms with Crippen molar-refractivity contribution in [1.82, 2.24) is 19.7 Å². The average molecular weight is 505 g/mol. The van der Waals surface area contributed by atoms with Crippen molar-refractivity contribution in [3.63, 3.8) is 0 Å². The molecule has 3 heterocycles. The van der Waals surface area contributed by atoms with Crippen LogP contribution < -0.4 is 5.32 Å². The van der Waals surface area contributed by atoms with E-state index in [1.54, 1.807) is 12.1 Å². The number of aromatic nitrogens is 1. The summed E-state index contributed by atoms with van der Waals surface area (Å²) in [5.41, 5.74) is 3.11. The molecule has 2 fully saturated rings. The van der Waals surface area contributed by atoms with Gasteiger partial charge in [0.2, 0.25) is 5.91 Å². The Hall–Kier alpha value is -2.70. The minimum Gasteiger partial charge on any atom is -0.356 e. The lowest BCUT2D eigenvalue weighted by molar-refractivity contribution is -0.120. The summed E-state index contributed by atoms with van der Waals surface area (Å²) < 4.78 is 16.4. The molecule has 2 aromatic carbocycles. The maximum Gasteiger partial charge on any atom is 0.224 e. The molecule has 198 valence electrons. The Kier molecular flexibility index (Phi) is 8.57. The van der Waals surface area contributed by atoms with Gasteiger partial charge in [0.15, 0.2) is 0 Å². The van der Waals surface area contributed by atoms with Gasteiger partial charge in [-0.25, -0.2) is 4.39 Å². The Labute approximate surface area is 220 Å². The van der Waals surface area contributed by atoms with Gasteiger partial charge < -0.3 is 19.7 Å². The molecule has 3 aromatic rings. The number of nitrogens with zero attached hydrogens (tertiary/aromatic N) is 3. The number of halogens is 1. The average Bonchev–Trinajstić information content (AvgIpc) is 3.35. The van der Waals surface area contributed by atoms with Crippen molar-refractivity contribution >= 4 is 16.8 Å². The highest BCUT2D eigenvalue weighted by Crippen LogP contribution is 2.29. The summed E-state index contributed by atoms with van der Waals surface area (Å²) in [4.78, 5) is 17.6. The summed E-state index contributed by atoms with van der Waals surface area (Å²) in [5, 5.41) is 4.42. The van der Waals surface area contributed by atoms with Crippen LogP contribution in [0, 0.1) is 11.7 Å². The maximum atomic E-state index is 14.0. The Bertz CT molecular complexity index is 1170. The van der Waals surface area contributed by atoms with Crippen molar-refractivity contribution in [2.75, 3.05) is 45.8 Å². The molecule has 6 heteroatoms. The monoisotopic (exact) mass is 504 g/mol. The predicted molar refractivity (Wildman–Crippen MR) is 148 cm³/mol. The second-order valence-corrected chi connectivity index (χ2v) is 10.9. The third kappa shape index (κ3) is 6.60. The molecule has 1 N–H and O–H groups in total. The van der Waals surface area contributed by atoms with Crippen molar-refractivity contribution in [2.45, 2.75) is 51.5 Å². The normalized spacial score (nSPS) is 18.4. The van der Waals surface area contributed by atoms with Crippen LogP contribution in [0.15, 0.2) is 54.7 Å². The first-order valence-electron chi connectivity index (χ1n) is 14.1. The van der Waals surface area contributed by atoms with Crippen LogP contribution in [0.3, 0.4) is 0 Å². The summed E-state index contributed by atoms with van der Waals surface area (Å²) >= 11 is 0. The molecule has 5 nitrogen and oxygen atoms in total. The van der Waals surface area contributed by atoms with Crippen LogP contribution >= 0.6 is 0 Å². The Morgan fingerprint density at radius 1 is 0.973 bits per heavy atom. The van der Waals surface area contributed by atoms with E-state index in [9.17, 15) is 9.18 Å². The molecule has 2 aliphatic heterocycles. The molecule has 0 bridgehead atoms. The number of likely N-dealkylation sites (tertiary alicyclic amines) is 2. The van der Waals surface area contributed by atoms with Crippen molar-refractivity contribution < 1.29 is 9.18 Å². The number of carbonyl (C=O) groups excluding carboxylic acids is 1. The molecule has 0 unspecified atom stereocenters. The lowest BCUT2D eigenvalue weighted by Gasteiger charge is -2.33. The summed E-state index contributed by atoms with van der Waals surface area (Å²) in [7, 11) is 0. The molecule has 2 aliphatic rings. The minimum absolute atomic E-state index is 0.0991. The lowest BCUT2D eigenvalue weighted by Crippen LogP contribution is -2.38. The first kappa shape index (κ1) is 25.9. The van der Waals surface area contributed by atoms with Gasteiger partial charge in [-0.15, -0.1) is 0 Å². The molecule has 5 rings (SSSR count). The molecular formula is C31H41FN4O. The van der Waals surface area contributed by atoms with E-state index in [2.05, 4.69) is 57.1 Å². The van der Waals surface area contributed by atoms with Crippen molar-refractivity contribution in [3.8, 4) is 0 Å². The molecular weight excluding hydrogens is 463 g/mol. The van der Waals surface area contributed by atoms with E-state index in [1.165, 1.54) is 23.7 Å². The number of nitrogens with one attached hydrogen (secondary N) is 1. The van der Waals surface area contributed by atoms with E-state index in [0.29, 0.717) is 18.4 Å². The van der Waals surface area contributed by atoms with Crippen molar-refractivity contribution in [1.29, 1.82) is 0 Å². The van der Waals surface area contributed by atoms with Gasteiger partial charge in [-0.05, 0) is 92.4 Å². The molecule has 0 spiro atoms. The van der Waals surface area contributed by atoms with Crippen molar-refractivity contribution in [3.05, 3.63) is 71.7 Å². The van der Waals surface area contributed by atoms with E-state index in [0.717, 1.165) is 76.2 Å². The molecule has 1 amide bonds. The number of carbonyl (C=O) groups is 1. The fourth-order valence-electron chi connectivity index (χ4n) is 6.04. The second kappa shape index (κ2) is 12.2. The number of hydrogen-bond acceptors (Lipinski definition) is 3. The van der Waals surface area contributed by atoms with Gasteiger partial charge in [-0.3, -0.25) is 4.79 Å². The summed E-state index contributed by atoms with van der Waals surface area (Å²) in [6, 6.07) is 16.2. The van der Waals surface area contributed by atoms with Gasteiger partial charge in [0.25, 0.3) is 0 Å². The van der Waals surface area contributed by atoms with Gasteiger partial charge in [0.1, 0.15) is 5.82 Å². The molecule has 1 aromatic heterocycles. The highest BCUT2D eigenvalue weighted by molar-refractivity contribution is 5.84. The number of piperidine rings is 2. The topological polar surface area (TPSA) is 40.5 Å². The van der Waals surface area contributed by atoms with Crippen LogP contribution in [-0.2, 0) is 17.6 Å². The number of amides is 1. The molecule has 37 heavy (non-hydrogen) atoms. The fraction of sp³-hybridized carbons (Fsp3) is 0.516. The number of benzene rings is 2. The maximum absolute atomic E-state index is 14.0. The zero-order valence-corrected chi connectivity index (χ0v) is 22.2. The van der Waals surface area contributed by atoms with Gasteiger partial charge >= 0.3 is 0 Å². The number of hydrogen-bond donors (Lipinski definition) is 1. The standard InChI is InChI=1S/C31H41FN4O/c1-2-34-15-9-24(10-16-34)23-33-31(37)22-25-7-8-27-12-20-36(30(27)21-25)28-13-18-35(19-14-28)17-11-26-5-3-4-6-29(26)32/h3-8,12,20-21,24,28H,2,9-11,13-19,22-23H2,1H3,(H,33,37). The largest absolute Gasteiger partial charge is 0.356 e. The Morgan fingerprint density at radius 2 is 1.73 bits per heavy atom. The number of fused-ring (bicyclic) bond motifs is 1. The molecule has 0 aliphatic carbocycles. The SMILES string of the molecule is CCN1CCC(CNC(=O)Cc2ccc3ccn(C4CCN(CCc5ccccc5F)CC4)c3c2)CC1. The molecule has 0 saturated carbocycles. The summed E-state index contributed by atoms with van der Waals surface area (Å²) in [6.07, 6.45) is 7.92. The lowest BCUT2D eigenvalue weighted by atomic mass is 9.96.